The van der Waals surface area contributed by atoms with Gasteiger partial charge < -0.3 is 14.4 Å². The summed E-state index contributed by atoms with van der Waals surface area (Å²) >= 11 is 0. The maximum absolute atomic E-state index is 10.8. The summed E-state index contributed by atoms with van der Waals surface area (Å²) in [4.78, 5) is 10.8. The van der Waals surface area contributed by atoms with Gasteiger partial charge in [0, 0.05) is 19.3 Å². The van der Waals surface area contributed by atoms with Crippen LogP contribution in [0.3, 0.4) is 0 Å². The summed E-state index contributed by atoms with van der Waals surface area (Å²) in [7, 11) is 3.08. The van der Waals surface area contributed by atoms with Gasteiger partial charge in [-0.25, -0.2) is 0 Å². The Labute approximate surface area is 63.7 Å². The number of pyridine rings is 1. The second-order valence-electron chi connectivity index (χ2n) is 2.15. The van der Waals surface area contributed by atoms with Gasteiger partial charge in [0.2, 0.25) is 17.1 Å². The van der Waals surface area contributed by atoms with E-state index in [4.69, 9.17) is 9.84 Å². The molecular formula is C7H9NO3. The van der Waals surface area contributed by atoms with Crippen LogP contribution in [0, 0.1) is 0 Å². The molecule has 0 unspecified atom stereocenters. The third kappa shape index (κ3) is 1.19. The quantitative estimate of drug-likeness (QED) is 0.625. The van der Waals surface area contributed by atoms with Crippen LogP contribution in [0.15, 0.2) is 17.1 Å². The molecule has 1 heterocycles. The van der Waals surface area contributed by atoms with Gasteiger partial charge in [0.25, 0.3) is 0 Å². The molecule has 0 aliphatic carbocycles. The third-order valence-corrected chi connectivity index (χ3v) is 1.40. The minimum atomic E-state index is -0.431. The van der Waals surface area contributed by atoms with E-state index >= 15 is 0 Å². The Bertz CT molecular complexity index is 316. The van der Waals surface area contributed by atoms with Gasteiger partial charge in [-0.3, -0.25) is 4.79 Å². The van der Waals surface area contributed by atoms with Crippen molar-refractivity contribution >= 4 is 0 Å². The second-order valence-corrected chi connectivity index (χ2v) is 2.15. The maximum Gasteiger partial charge on any atom is 0.240 e. The number of ether oxygens (including phenoxy) is 1. The Balaban J connectivity index is 3.41. The largest absolute Gasteiger partial charge is 0.500 e. The molecule has 60 valence electrons. The summed E-state index contributed by atoms with van der Waals surface area (Å²) in [6.07, 6.45) is 1.53. The normalized spacial score (nSPS) is 9.64. The molecule has 0 amide bonds. The van der Waals surface area contributed by atoms with Crippen molar-refractivity contribution in [3.05, 3.63) is 22.5 Å². The lowest BCUT2D eigenvalue weighted by Gasteiger charge is -2.06. The van der Waals surface area contributed by atoms with Crippen LogP contribution in [0.2, 0.25) is 0 Å². The first-order chi connectivity index (χ1) is 5.16. The van der Waals surface area contributed by atoms with E-state index in [-0.39, 0.29) is 11.6 Å². The smallest absolute Gasteiger partial charge is 0.240 e. The van der Waals surface area contributed by atoms with E-state index in [0.717, 1.165) is 0 Å². The van der Waals surface area contributed by atoms with Crippen molar-refractivity contribution in [3.63, 3.8) is 0 Å². The van der Waals surface area contributed by atoms with E-state index in [9.17, 15) is 4.79 Å². The average Bonchev–Trinajstić information content (AvgIpc) is 1.99. The zero-order valence-electron chi connectivity index (χ0n) is 6.37. The Kier molecular flexibility index (Phi) is 1.85. The van der Waals surface area contributed by atoms with E-state index < -0.39 is 5.43 Å². The van der Waals surface area contributed by atoms with Crippen LogP contribution >= 0.6 is 0 Å². The molecule has 1 N–H and O–H groups in total. The number of methoxy groups -OCH3 is 1. The highest BCUT2D eigenvalue weighted by molar-refractivity contribution is 5.31. The number of hydrogen-bond acceptors (Lipinski definition) is 3. The van der Waals surface area contributed by atoms with E-state index in [0.29, 0.717) is 0 Å². The van der Waals surface area contributed by atoms with Gasteiger partial charge in [-0.1, -0.05) is 0 Å². The van der Waals surface area contributed by atoms with Crippen LogP contribution < -0.4 is 10.2 Å². The zero-order chi connectivity index (χ0) is 8.43. The zero-order valence-corrected chi connectivity index (χ0v) is 6.37. The molecule has 0 radical (unpaired) electrons. The fourth-order valence-corrected chi connectivity index (χ4v) is 0.839. The highest BCUT2D eigenvalue weighted by atomic mass is 16.5. The first-order valence-electron chi connectivity index (χ1n) is 3.09. The summed E-state index contributed by atoms with van der Waals surface area (Å²) in [6, 6.07) is 1.28. The minimum absolute atomic E-state index is 0.178. The summed E-state index contributed by atoms with van der Waals surface area (Å²) in [5.41, 5.74) is -0.431. The topological polar surface area (TPSA) is 51.5 Å². The van der Waals surface area contributed by atoms with Gasteiger partial charge in [0.05, 0.1) is 7.11 Å². The highest BCUT2D eigenvalue weighted by Crippen LogP contribution is 2.18. The molecule has 1 aromatic heterocycles. The van der Waals surface area contributed by atoms with Crippen LogP contribution in [-0.2, 0) is 7.05 Å². The Morgan fingerprint density at radius 2 is 2.27 bits per heavy atom. The van der Waals surface area contributed by atoms with Gasteiger partial charge in [-0.2, -0.15) is 0 Å². The second kappa shape index (κ2) is 2.65. The molecule has 1 rings (SSSR count). The first-order valence-corrected chi connectivity index (χ1v) is 3.09. The van der Waals surface area contributed by atoms with Gasteiger partial charge >= 0.3 is 0 Å². The Morgan fingerprint density at radius 3 is 2.73 bits per heavy atom. The van der Waals surface area contributed by atoms with Crippen molar-refractivity contribution in [1.82, 2.24) is 4.57 Å². The lowest BCUT2D eigenvalue weighted by Crippen LogP contribution is -2.06. The van der Waals surface area contributed by atoms with Crippen molar-refractivity contribution in [2.24, 2.45) is 7.05 Å². The molecule has 0 bridgehead atoms. The highest BCUT2D eigenvalue weighted by Gasteiger charge is 2.06. The number of aromatic hydroxyl groups is 1. The van der Waals surface area contributed by atoms with Gasteiger partial charge in [0.1, 0.15) is 0 Å². The molecule has 11 heavy (non-hydrogen) atoms. The van der Waals surface area contributed by atoms with Crippen LogP contribution in [0.25, 0.3) is 0 Å². The molecule has 4 nitrogen and oxygen atoms in total. The van der Waals surface area contributed by atoms with Gasteiger partial charge in [-0.15, -0.1) is 0 Å². The molecule has 0 saturated carbocycles. The van der Waals surface area contributed by atoms with E-state index in [1.165, 1.54) is 23.9 Å². The predicted molar refractivity (Wildman–Crippen MR) is 39.9 cm³/mol. The first kappa shape index (κ1) is 7.65. The van der Waals surface area contributed by atoms with Crippen molar-refractivity contribution in [2.75, 3.05) is 7.11 Å². The van der Waals surface area contributed by atoms with Crippen molar-refractivity contribution in [3.8, 4) is 11.6 Å². The fourth-order valence-electron chi connectivity index (χ4n) is 0.839. The molecular weight excluding hydrogens is 146 g/mol. The molecule has 4 heteroatoms. The standard InChI is InChI=1S/C7H9NO3/c1-8-4-3-5(9)6(10)7(8)11-2/h3-4,10H,1-2H3. The van der Waals surface area contributed by atoms with Crippen molar-refractivity contribution < 1.29 is 9.84 Å². The summed E-state index contributed by atoms with van der Waals surface area (Å²) in [5.74, 6) is -0.171. The molecule has 0 saturated heterocycles. The van der Waals surface area contributed by atoms with Crippen molar-refractivity contribution in [2.45, 2.75) is 0 Å². The Morgan fingerprint density at radius 1 is 1.64 bits per heavy atom. The predicted octanol–water partition coefficient (Wildman–Crippen LogP) is 0.0995. The molecule has 0 fully saturated rings. The lowest BCUT2D eigenvalue weighted by molar-refractivity contribution is 0.340. The molecule has 0 aromatic carbocycles. The molecule has 0 atom stereocenters. The number of rotatable bonds is 1. The SMILES string of the molecule is COc1c(O)c(=O)ccn1C. The van der Waals surface area contributed by atoms with E-state index in [1.807, 2.05) is 0 Å². The third-order valence-electron chi connectivity index (χ3n) is 1.40. The van der Waals surface area contributed by atoms with Crippen molar-refractivity contribution in [1.29, 1.82) is 0 Å². The number of aryl methyl sites for hydroxylation is 1. The molecule has 1 aromatic rings. The van der Waals surface area contributed by atoms with Crippen LogP contribution in [0.1, 0.15) is 0 Å². The number of aromatic nitrogens is 1. The summed E-state index contributed by atoms with van der Waals surface area (Å²) in [5, 5.41) is 9.12. The molecule has 0 aliphatic heterocycles. The molecule has 0 spiro atoms. The van der Waals surface area contributed by atoms with E-state index in [1.54, 1.807) is 7.05 Å². The summed E-state index contributed by atoms with van der Waals surface area (Å²) < 4.78 is 6.29. The van der Waals surface area contributed by atoms with Gasteiger partial charge in [0.15, 0.2) is 0 Å². The number of hydrogen-bond donors (Lipinski definition) is 1. The fraction of sp³-hybridized carbons (Fsp3) is 0.286. The van der Waals surface area contributed by atoms with E-state index in [2.05, 4.69) is 0 Å². The van der Waals surface area contributed by atoms with Crippen LogP contribution in [0.4, 0.5) is 0 Å². The lowest BCUT2D eigenvalue weighted by atomic mass is 10.4. The van der Waals surface area contributed by atoms with Crippen LogP contribution in [-0.4, -0.2) is 16.8 Å². The summed E-state index contributed by atoms with van der Waals surface area (Å²) in [6.45, 7) is 0. The Hall–Kier alpha value is -1.45. The maximum atomic E-state index is 10.8. The molecule has 0 aliphatic rings. The monoisotopic (exact) mass is 155 g/mol. The average molecular weight is 155 g/mol. The minimum Gasteiger partial charge on any atom is -0.500 e. The number of nitrogens with zero attached hydrogens (tertiary/aromatic N) is 1. The van der Waals surface area contributed by atoms with Gasteiger partial charge in [-0.05, 0) is 0 Å². The van der Waals surface area contributed by atoms with Crippen LogP contribution in [0.5, 0.6) is 11.6 Å².